The third kappa shape index (κ3) is 5.78. The summed E-state index contributed by atoms with van der Waals surface area (Å²) in [6, 6.07) is 1.55. The van der Waals surface area contributed by atoms with Gasteiger partial charge in [-0.05, 0) is 38.7 Å². The van der Waals surface area contributed by atoms with Crippen molar-refractivity contribution < 1.29 is 19.1 Å². The van der Waals surface area contributed by atoms with Crippen molar-refractivity contribution in [2.24, 2.45) is 18.7 Å². The van der Waals surface area contributed by atoms with E-state index in [0.29, 0.717) is 31.6 Å². The molecule has 1 heterocycles. The molecule has 0 aromatic carbocycles. The van der Waals surface area contributed by atoms with E-state index in [-0.39, 0.29) is 36.4 Å². The standard InChI is InChI=1S/C18H29N5O4/c1-4-7-27-15-9-12(17(25)20-10-16(19)24)5-6-13(15)21-18(26)14-8-11(2)23(3)22-14/h8,12-13,15H,4-7,9-10H2,1-3H3,(H2,19,24)(H,20,25)(H,21,26)/t12-,13+,15+/m0/s1. The Kier molecular flexibility index (Phi) is 7.35. The van der Waals surface area contributed by atoms with Gasteiger partial charge in [0.1, 0.15) is 5.69 Å². The van der Waals surface area contributed by atoms with Crippen LogP contribution < -0.4 is 16.4 Å². The number of hydrogen-bond acceptors (Lipinski definition) is 5. The Hall–Kier alpha value is -2.42. The molecule has 3 atom stereocenters. The molecule has 0 aliphatic heterocycles. The van der Waals surface area contributed by atoms with Gasteiger partial charge in [-0.3, -0.25) is 19.1 Å². The van der Waals surface area contributed by atoms with Crippen LogP contribution in [0.4, 0.5) is 0 Å². The summed E-state index contributed by atoms with van der Waals surface area (Å²) in [5, 5.41) is 9.75. The highest BCUT2D eigenvalue weighted by Crippen LogP contribution is 2.27. The molecule has 0 bridgehead atoms. The maximum absolute atomic E-state index is 12.5. The molecule has 1 aliphatic rings. The van der Waals surface area contributed by atoms with Gasteiger partial charge in [-0.15, -0.1) is 0 Å². The van der Waals surface area contributed by atoms with Crippen molar-refractivity contribution in [2.75, 3.05) is 13.2 Å². The van der Waals surface area contributed by atoms with Crippen LogP contribution in [-0.4, -0.2) is 52.8 Å². The molecule has 0 spiro atoms. The largest absolute Gasteiger partial charge is 0.376 e. The molecule has 1 fully saturated rings. The predicted octanol–water partition coefficient (Wildman–Crippen LogP) is 0.0237. The maximum Gasteiger partial charge on any atom is 0.272 e. The molecule has 3 amide bonds. The Morgan fingerprint density at radius 3 is 2.70 bits per heavy atom. The first kappa shape index (κ1) is 20.9. The van der Waals surface area contributed by atoms with Crippen LogP contribution in [0, 0.1) is 12.8 Å². The van der Waals surface area contributed by atoms with E-state index < -0.39 is 5.91 Å². The summed E-state index contributed by atoms with van der Waals surface area (Å²) in [4.78, 5) is 35.6. The number of nitrogens with one attached hydrogen (secondary N) is 2. The molecule has 2 rings (SSSR count). The lowest BCUT2D eigenvalue weighted by Gasteiger charge is -2.35. The van der Waals surface area contributed by atoms with Crippen LogP contribution in [-0.2, 0) is 21.4 Å². The summed E-state index contributed by atoms with van der Waals surface area (Å²) in [7, 11) is 1.79. The molecule has 1 saturated carbocycles. The fraction of sp³-hybridized carbons (Fsp3) is 0.667. The summed E-state index contributed by atoms with van der Waals surface area (Å²) in [5.74, 6) is -1.29. The Bertz CT molecular complexity index is 668. The summed E-state index contributed by atoms with van der Waals surface area (Å²) in [5.41, 5.74) is 6.34. The molecule has 27 heavy (non-hydrogen) atoms. The SMILES string of the molecule is CCCO[C@@H]1C[C@@H](C(=O)NCC(N)=O)CC[C@H]1NC(=O)c1cc(C)n(C)n1. The van der Waals surface area contributed by atoms with Gasteiger partial charge in [0.2, 0.25) is 11.8 Å². The zero-order valence-corrected chi connectivity index (χ0v) is 16.2. The lowest BCUT2D eigenvalue weighted by molar-refractivity contribution is -0.130. The second-order valence-electron chi connectivity index (χ2n) is 6.98. The second-order valence-corrected chi connectivity index (χ2v) is 6.98. The molecule has 150 valence electrons. The molecule has 9 nitrogen and oxygen atoms in total. The van der Waals surface area contributed by atoms with Crippen molar-refractivity contribution in [1.82, 2.24) is 20.4 Å². The number of ether oxygens (including phenoxy) is 1. The van der Waals surface area contributed by atoms with Crippen molar-refractivity contribution >= 4 is 17.7 Å². The normalized spacial score (nSPS) is 22.3. The first-order valence-electron chi connectivity index (χ1n) is 9.31. The zero-order chi connectivity index (χ0) is 20.0. The number of aromatic nitrogens is 2. The number of amides is 3. The van der Waals surface area contributed by atoms with Crippen molar-refractivity contribution in [2.45, 2.75) is 51.7 Å². The molecule has 9 heteroatoms. The van der Waals surface area contributed by atoms with Gasteiger partial charge in [0.25, 0.3) is 5.91 Å². The number of nitrogens with zero attached hydrogens (tertiary/aromatic N) is 2. The van der Waals surface area contributed by atoms with E-state index >= 15 is 0 Å². The van der Waals surface area contributed by atoms with Crippen LogP contribution in [0.2, 0.25) is 0 Å². The third-order valence-electron chi connectivity index (χ3n) is 4.80. The fourth-order valence-electron chi connectivity index (χ4n) is 3.22. The summed E-state index contributed by atoms with van der Waals surface area (Å²) in [6.45, 7) is 4.27. The lowest BCUT2D eigenvalue weighted by atomic mass is 9.83. The van der Waals surface area contributed by atoms with Crippen LogP contribution in [0.25, 0.3) is 0 Å². The maximum atomic E-state index is 12.5. The molecular formula is C18H29N5O4. The predicted molar refractivity (Wildman–Crippen MR) is 98.8 cm³/mol. The summed E-state index contributed by atoms with van der Waals surface area (Å²) in [6.07, 6.45) is 2.27. The molecule has 4 N–H and O–H groups in total. The minimum absolute atomic E-state index is 0.172. The topological polar surface area (TPSA) is 128 Å². The fourth-order valence-corrected chi connectivity index (χ4v) is 3.22. The van der Waals surface area contributed by atoms with Gasteiger partial charge in [0.15, 0.2) is 0 Å². The molecule has 0 saturated heterocycles. The Balaban J connectivity index is 2.00. The lowest BCUT2D eigenvalue weighted by Crippen LogP contribution is -2.50. The third-order valence-corrected chi connectivity index (χ3v) is 4.80. The highest BCUT2D eigenvalue weighted by atomic mass is 16.5. The average molecular weight is 379 g/mol. The number of primary amides is 1. The van der Waals surface area contributed by atoms with Crippen LogP contribution in [0.3, 0.4) is 0 Å². The number of carbonyl (C=O) groups is 3. The highest BCUT2D eigenvalue weighted by molar-refractivity contribution is 5.92. The second kappa shape index (κ2) is 9.50. The first-order valence-corrected chi connectivity index (χ1v) is 9.31. The van der Waals surface area contributed by atoms with Gasteiger partial charge in [-0.25, -0.2) is 0 Å². The summed E-state index contributed by atoms with van der Waals surface area (Å²) >= 11 is 0. The van der Waals surface area contributed by atoms with E-state index in [1.165, 1.54) is 0 Å². The molecule has 0 radical (unpaired) electrons. The van der Waals surface area contributed by atoms with Gasteiger partial charge < -0.3 is 21.1 Å². The minimum atomic E-state index is -0.575. The van der Waals surface area contributed by atoms with Crippen molar-refractivity contribution in [3.63, 3.8) is 0 Å². The van der Waals surface area contributed by atoms with Gasteiger partial charge >= 0.3 is 0 Å². The van der Waals surface area contributed by atoms with Crippen molar-refractivity contribution in [1.29, 1.82) is 0 Å². The molecule has 1 aromatic heterocycles. The Morgan fingerprint density at radius 1 is 1.37 bits per heavy atom. The van der Waals surface area contributed by atoms with Crippen LogP contribution in [0.1, 0.15) is 48.8 Å². The van der Waals surface area contributed by atoms with E-state index in [2.05, 4.69) is 15.7 Å². The quantitative estimate of drug-likeness (QED) is 0.587. The smallest absolute Gasteiger partial charge is 0.272 e. The first-order chi connectivity index (χ1) is 12.8. The minimum Gasteiger partial charge on any atom is -0.376 e. The number of hydrogen-bond donors (Lipinski definition) is 3. The van der Waals surface area contributed by atoms with Crippen LogP contribution in [0.5, 0.6) is 0 Å². The Morgan fingerprint density at radius 2 is 2.11 bits per heavy atom. The number of rotatable bonds is 8. The van der Waals surface area contributed by atoms with Gasteiger partial charge in [0, 0.05) is 25.3 Å². The van der Waals surface area contributed by atoms with E-state index in [0.717, 1.165) is 12.1 Å². The molecular weight excluding hydrogens is 350 g/mol. The number of aryl methyl sites for hydroxylation is 2. The van der Waals surface area contributed by atoms with Gasteiger partial charge in [-0.2, -0.15) is 5.10 Å². The molecule has 1 aromatic rings. The van der Waals surface area contributed by atoms with Gasteiger partial charge in [-0.1, -0.05) is 6.92 Å². The molecule has 1 aliphatic carbocycles. The zero-order valence-electron chi connectivity index (χ0n) is 16.2. The number of nitrogens with two attached hydrogens (primary N) is 1. The van der Waals surface area contributed by atoms with E-state index in [9.17, 15) is 14.4 Å². The molecule has 0 unspecified atom stereocenters. The van der Waals surface area contributed by atoms with Crippen molar-refractivity contribution in [3.8, 4) is 0 Å². The summed E-state index contributed by atoms with van der Waals surface area (Å²) < 4.78 is 7.56. The Labute approximate surface area is 159 Å². The van der Waals surface area contributed by atoms with Gasteiger partial charge in [0.05, 0.1) is 18.7 Å². The average Bonchev–Trinajstić information content (AvgIpc) is 2.97. The van der Waals surface area contributed by atoms with Crippen LogP contribution >= 0.6 is 0 Å². The van der Waals surface area contributed by atoms with E-state index in [4.69, 9.17) is 10.5 Å². The monoisotopic (exact) mass is 379 g/mol. The van der Waals surface area contributed by atoms with Crippen LogP contribution in [0.15, 0.2) is 6.07 Å². The van der Waals surface area contributed by atoms with E-state index in [1.807, 2.05) is 13.8 Å². The van der Waals surface area contributed by atoms with Crippen molar-refractivity contribution in [3.05, 3.63) is 17.5 Å². The highest BCUT2D eigenvalue weighted by Gasteiger charge is 2.35. The number of carbonyl (C=O) groups excluding carboxylic acids is 3. The van der Waals surface area contributed by atoms with E-state index in [1.54, 1.807) is 17.8 Å².